The maximum atomic E-state index is 12.7. The first-order valence-corrected chi connectivity index (χ1v) is 11.4. The number of carbonyl (C=O) groups is 1. The molecule has 1 amide bonds. The topological polar surface area (TPSA) is 49.3 Å². The van der Waals surface area contributed by atoms with Gasteiger partial charge in [-0.05, 0) is 49.9 Å². The highest BCUT2D eigenvalue weighted by atomic mass is 16.2. The second-order valence-corrected chi connectivity index (χ2v) is 8.66. The smallest absolute Gasteiger partial charge is 0.225 e. The summed E-state index contributed by atoms with van der Waals surface area (Å²) >= 11 is 0. The summed E-state index contributed by atoms with van der Waals surface area (Å²) in [7, 11) is 0. The van der Waals surface area contributed by atoms with Crippen LogP contribution in [0.4, 0.5) is 5.82 Å². The van der Waals surface area contributed by atoms with Crippen molar-refractivity contribution in [1.29, 1.82) is 0 Å². The van der Waals surface area contributed by atoms with Crippen LogP contribution in [0, 0.1) is 19.8 Å². The number of anilines is 1. The minimum atomic E-state index is 0.0816. The number of rotatable bonds is 4. The normalized spacial score (nSPS) is 15.7. The van der Waals surface area contributed by atoms with Crippen molar-refractivity contribution < 1.29 is 4.79 Å². The van der Waals surface area contributed by atoms with E-state index in [0.717, 1.165) is 67.1 Å². The van der Waals surface area contributed by atoms with Crippen molar-refractivity contribution in [2.24, 2.45) is 5.92 Å². The van der Waals surface area contributed by atoms with Gasteiger partial charge in [-0.3, -0.25) is 4.79 Å². The first-order chi connectivity index (χ1) is 15.0. The van der Waals surface area contributed by atoms with Gasteiger partial charge in [-0.15, -0.1) is 0 Å². The van der Waals surface area contributed by atoms with Crippen molar-refractivity contribution >= 4 is 22.8 Å². The molecule has 31 heavy (non-hydrogen) atoms. The summed E-state index contributed by atoms with van der Waals surface area (Å²) in [6.45, 7) is 11.5. The van der Waals surface area contributed by atoms with Gasteiger partial charge in [-0.2, -0.15) is 0 Å². The maximum absolute atomic E-state index is 12.7. The van der Waals surface area contributed by atoms with E-state index in [-0.39, 0.29) is 11.8 Å². The molecule has 1 unspecified atom stereocenters. The van der Waals surface area contributed by atoms with E-state index in [1.807, 2.05) is 30.0 Å². The lowest BCUT2D eigenvalue weighted by Crippen LogP contribution is -2.38. The van der Waals surface area contributed by atoms with Crippen molar-refractivity contribution in [3.8, 4) is 11.3 Å². The molecule has 1 saturated heterocycles. The van der Waals surface area contributed by atoms with Crippen molar-refractivity contribution in [1.82, 2.24) is 14.9 Å². The highest BCUT2D eigenvalue weighted by Crippen LogP contribution is 2.31. The van der Waals surface area contributed by atoms with Crippen LogP contribution in [-0.2, 0) is 4.79 Å². The number of amides is 1. The number of hydrogen-bond acceptors (Lipinski definition) is 4. The summed E-state index contributed by atoms with van der Waals surface area (Å²) in [5, 5.41) is 0. The Morgan fingerprint density at radius 3 is 2.32 bits per heavy atom. The molecule has 0 N–H and O–H groups in total. The Hall–Kier alpha value is -2.95. The van der Waals surface area contributed by atoms with Crippen molar-refractivity contribution in [2.75, 3.05) is 31.1 Å². The van der Waals surface area contributed by atoms with Gasteiger partial charge < -0.3 is 9.80 Å². The fourth-order valence-corrected chi connectivity index (χ4v) is 4.15. The molecule has 3 aromatic rings. The molecule has 0 aliphatic carbocycles. The summed E-state index contributed by atoms with van der Waals surface area (Å²) < 4.78 is 0. The third kappa shape index (κ3) is 4.41. The molecule has 1 aliphatic heterocycles. The monoisotopic (exact) mass is 416 g/mol. The van der Waals surface area contributed by atoms with Crippen LogP contribution < -0.4 is 4.90 Å². The second-order valence-electron chi connectivity index (χ2n) is 8.66. The molecular weight excluding hydrogens is 384 g/mol. The number of hydrogen-bond donors (Lipinski definition) is 0. The standard InChI is InChI=1S/C26H32N4O/c1-5-18(2)26(31)30-13-9-12-29(14-15-30)25-24(21-10-7-6-8-11-21)27-22-16-19(3)20(4)17-23(22)28-25/h6-8,10-11,16-18H,5,9,12-15H2,1-4H3. The molecular formula is C26H32N4O. The predicted molar refractivity (Wildman–Crippen MR) is 127 cm³/mol. The van der Waals surface area contributed by atoms with Crippen molar-refractivity contribution in [2.45, 2.75) is 40.5 Å². The average molecular weight is 417 g/mol. The van der Waals surface area contributed by atoms with Crippen LogP contribution in [-0.4, -0.2) is 47.0 Å². The highest BCUT2D eigenvalue weighted by Gasteiger charge is 2.25. The van der Waals surface area contributed by atoms with E-state index in [0.29, 0.717) is 0 Å². The van der Waals surface area contributed by atoms with E-state index in [1.165, 1.54) is 11.1 Å². The molecule has 0 radical (unpaired) electrons. The van der Waals surface area contributed by atoms with Crippen LogP contribution >= 0.6 is 0 Å². The largest absolute Gasteiger partial charge is 0.353 e. The predicted octanol–water partition coefficient (Wildman–Crippen LogP) is 5.00. The number of carbonyl (C=O) groups excluding carboxylic acids is 1. The van der Waals surface area contributed by atoms with Gasteiger partial charge in [-0.25, -0.2) is 9.97 Å². The Kier molecular flexibility index (Phi) is 6.21. The Balaban J connectivity index is 1.73. The zero-order valence-corrected chi connectivity index (χ0v) is 19.1. The number of nitrogens with zero attached hydrogens (tertiary/aromatic N) is 4. The van der Waals surface area contributed by atoms with Gasteiger partial charge in [0.05, 0.1) is 11.0 Å². The molecule has 5 nitrogen and oxygen atoms in total. The lowest BCUT2D eigenvalue weighted by atomic mass is 10.1. The zero-order chi connectivity index (χ0) is 22.0. The van der Waals surface area contributed by atoms with Crippen LogP contribution in [0.15, 0.2) is 42.5 Å². The van der Waals surface area contributed by atoms with E-state index in [9.17, 15) is 4.79 Å². The molecule has 0 bridgehead atoms. The van der Waals surface area contributed by atoms with Gasteiger partial charge in [0.15, 0.2) is 5.82 Å². The quantitative estimate of drug-likeness (QED) is 0.601. The molecule has 162 valence electrons. The van der Waals surface area contributed by atoms with Crippen LogP contribution in [0.1, 0.15) is 37.8 Å². The summed E-state index contributed by atoms with van der Waals surface area (Å²) in [6.07, 6.45) is 1.81. The van der Waals surface area contributed by atoms with Gasteiger partial charge >= 0.3 is 0 Å². The summed E-state index contributed by atoms with van der Waals surface area (Å²) in [5.74, 6) is 1.27. The van der Waals surface area contributed by atoms with Gasteiger partial charge in [0.2, 0.25) is 5.91 Å². The second kappa shape index (κ2) is 9.04. The third-order valence-corrected chi connectivity index (χ3v) is 6.45. The number of fused-ring (bicyclic) bond motifs is 1. The lowest BCUT2D eigenvalue weighted by molar-refractivity contribution is -0.134. The molecule has 1 aliphatic rings. The number of aromatic nitrogens is 2. The van der Waals surface area contributed by atoms with Gasteiger partial charge in [0, 0.05) is 37.7 Å². The SMILES string of the molecule is CCC(C)C(=O)N1CCCN(c2nc3cc(C)c(C)cc3nc2-c2ccccc2)CC1. The Morgan fingerprint density at radius 2 is 1.65 bits per heavy atom. The Morgan fingerprint density at radius 1 is 0.968 bits per heavy atom. The van der Waals surface area contributed by atoms with Crippen molar-refractivity contribution in [3.05, 3.63) is 53.6 Å². The van der Waals surface area contributed by atoms with Crippen LogP contribution in [0.2, 0.25) is 0 Å². The van der Waals surface area contributed by atoms with Crippen LogP contribution in [0.5, 0.6) is 0 Å². The molecule has 1 aromatic heterocycles. The fraction of sp³-hybridized carbons (Fsp3) is 0.423. The molecule has 1 fully saturated rings. The highest BCUT2D eigenvalue weighted by molar-refractivity contribution is 5.85. The summed E-state index contributed by atoms with van der Waals surface area (Å²) in [4.78, 5) is 27.2. The fourth-order valence-electron chi connectivity index (χ4n) is 4.15. The van der Waals surface area contributed by atoms with Crippen molar-refractivity contribution in [3.63, 3.8) is 0 Å². The number of aryl methyl sites for hydroxylation is 2. The molecule has 0 saturated carbocycles. The summed E-state index contributed by atoms with van der Waals surface area (Å²) in [5.41, 5.74) is 6.28. The van der Waals surface area contributed by atoms with E-state index in [2.05, 4.69) is 49.9 Å². The van der Waals surface area contributed by atoms with Gasteiger partial charge in [-0.1, -0.05) is 44.2 Å². The lowest BCUT2D eigenvalue weighted by Gasteiger charge is -2.26. The van der Waals surface area contributed by atoms with E-state index in [1.54, 1.807) is 0 Å². The van der Waals surface area contributed by atoms with Gasteiger partial charge in [0.25, 0.3) is 0 Å². The van der Waals surface area contributed by atoms with Gasteiger partial charge in [0.1, 0.15) is 5.69 Å². The molecule has 0 spiro atoms. The van der Waals surface area contributed by atoms with E-state index < -0.39 is 0 Å². The maximum Gasteiger partial charge on any atom is 0.225 e. The third-order valence-electron chi connectivity index (χ3n) is 6.45. The van der Waals surface area contributed by atoms with E-state index in [4.69, 9.17) is 9.97 Å². The van der Waals surface area contributed by atoms with Crippen LogP contribution in [0.25, 0.3) is 22.3 Å². The number of benzene rings is 2. The zero-order valence-electron chi connectivity index (χ0n) is 19.1. The molecule has 5 heteroatoms. The average Bonchev–Trinajstić information content (AvgIpc) is 3.05. The molecule has 2 aromatic carbocycles. The molecule has 1 atom stereocenters. The first-order valence-electron chi connectivity index (χ1n) is 11.4. The minimum absolute atomic E-state index is 0.0816. The molecule has 2 heterocycles. The first kappa shape index (κ1) is 21.3. The summed E-state index contributed by atoms with van der Waals surface area (Å²) in [6, 6.07) is 14.6. The molecule has 4 rings (SSSR count). The minimum Gasteiger partial charge on any atom is -0.353 e. The Bertz CT molecular complexity index is 1080. The van der Waals surface area contributed by atoms with Crippen LogP contribution in [0.3, 0.4) is 0 Å². The Labute approximate surface area is 185 Å². The van der Waals surface area contributed by atoms with E-state index >= 15 is 0 Å².